The quantitative estimate of drug-likeness (QED) is 0.210. The second-order valence-corrected chi connectivity index (χ2v) is 9.54. The molecule has 1 aromatic heterocycles. The Morgan fingerprint density at radius 2 is 1.38 bits per heavy atom. The monoisotopic (exact) mass is 533 g/mol. The van der Waals surface area contributed by atoms with Crippen LogP contribution in [0.25, 0.3) is 10.4 Å². The Morgan fingerprint density at radius 1 is 0.811 bits per heavy atom. The lowest BCUT2D eigenvalue weighted by Gasteiger charge is -2.16. The number of hydrogen-bond acceptors (Lipinski definition) is 7. The molecule has 0 saturated heterocycles. The summed E-state index contributed by atoms with van der Waals surface area (Å²) in [4.78, 5) is 42.3. The molecular weight excluding hydrogens is 514 g/mol. The van der Waals surface area contributed by atoms with Gasteiger partial charge in [0.15, 0.2) is 17.3 Å². The maximum atomic E-state index is 13.9. The number of methoxy groups -OCH3 is 3. The van der Waals surface area contributed by atoms with Crippen molar-refractivity contribution in [3.63, 3.8) is 0 Å². The van der Waals surface area contributed by atoms with Gasteiger partial charge in [0, 0.05) is 15.5 Å². The average molecular weight is 534 g/mol. The standard InChI is InChI=1S/C28H20ClNO6S/c1-34-21-12-16(13-22(35-2)25(21)36-3)24(31)20-14-23(15-8-10-17(29)11-9-15)37-28(20)30-26(32)18-6-4-5-7-19(18)27(30)33/h4-14H,1-3H3. The smallest absolute Gasteiger partial charge is 0.266 e. The van der Waals surface area contributed by atoms with Gasteiger partial charge in [0.1, 0.15) is 5.00 Å². The van der Waals surface area contributed by atoms with Crippen molar-refractivity contribution in [2.45, 2.75) is 0 Å². The van der Waals surface area contributed by atoms with E-state index in [2.05, 4.69) is 0 Å². The van der Waals surface area contributed by atoms with E-state index in [0.717, 1.165) is 10.5 Å². The number of amides is 2. The molecule has 9 heteroatoms. The van der Waals surface area contributed by atoms with Crippen molar-refractivity contribution in [3.8, 4) is 27.7 Å². The van der Waals surface area contributed by atoms with E-state index < -0.39 is 17.6 Å². The summed E-state index contributed by atoms with van der Waals surface area (Å²) < 4.78 is 16.2. The van der Waals surface area contributed by atoms with E-state index in [4.69, 9.17) is 25.8 Å². The van der Waals surface area contributed by atoms with Crippen molar-refractivity contribution in [1.82, 2.24) is 0 Å². The van der Waals surface area contributed by atoms with Gasteiger partial charge in [0.2, 0.25) is 5.75 Å². The molecule has 0 N–H and O–H groups in total. The van der Waals surface area contributed by atoms with Crippen LogP contribution in [0.3, 0.4) is 0 Å². The minimum absolute atomic E-state index is 0.193. The average Bonchev–Trinajstić information content (AvgIpc) is 3.46. The van der Waals surface area contributed by atoms with Gasteiger partial charge >= 0.3 is 0 Å². The number of anilines is 1. The number of hydrogen-bond donors (Lipinski definition) is 0. The molecule has 0 unspecified atom stereocenters. The van der Waals surface area contributed by atoms with Crippen molar-refractivity contribution >= 4 is 45.5 Å². The number of thiophene rings is 1. The number of nitrogens with zero attached hydrogens (tertiary/aromatic N) is 1. The van der Waals surface area contributed by atoms with E-state index in [1.807, 2.05) is 12.1 Å². The number of ether oxygens (including phenoxy) is 3. The van der Waals surface area contributed by atoms with E-state index in [0.29, 0.717) is 38.3 Å². The number of imide groups is 1. The summed E-state index contributed by atoms with van der Waals surface area (Å²) in [6.07, 6.45) is 0. The Kier molecular flexibility index (Phi) is 6.45. The van der Waals surface area contributed by atoms with Crippen LogP contribution in [0.15, 0.2) is 66.7 Å². The second-order valence-electron chi connectivity index (χ2n) is 8.07. The van der Waals surface area contributed by atoms with E-state index >= 15 is 0 Å². The fraction of sp³-hybridized carbons (Fsp3) is 0.107. The molecule has 37 heavy (non-hydrogen) atoms. The minimum atomic E-state index is -0.482. The lowest BCUT2D eigenvalue weighted by Crippen LogP contribution is -2.29. The minimum Gasteiger partial charge on any atom is -0.493 e. The van der Waals surface area contributed by atoms with Gasteiger partial charge in [-0.2, -0.15) is 0 Å². The highest BCUT2D eigenvalue weighted by Crippen LogP contribution is 2.44. The molecule has 1 aliphatic heterocycles. The summed E-state index contributed by atoms with van der Waals surface area (Å²) in [7, 11) is 4.39. The molecule has 4 aromatic rings. The predicted octanol–water partition coefficient (Wildman–Crippen LogP) is 6.13. The van der Waals surface area contributed by atoms with E-state index in [1.165, 1.54) is 44.8 Å². The van der Waals surface area contributed by atoms with Crippen LogP contribution in [-0.4, -0.2) is 38.9 Å². The van der Waals surface area contributed by atoms with Gasteiger partial charge in [-0.3, -0.25) is 14.4 Å². The first kappa shape index (κ1) is 24.5. The number of benzene rings is 3. The highest BCUT2D eigenvalue weighted by Gasteiger charge is 2.39. The van der Waals surface area contributed by atoms with Gasteiger partial charge in [-0.15, -0.1) is 11.3 Å². The molecule has 1 aliphatic rings. The summed E-state index contributed by atoms with van der Waals surface area (Å²) in [6, 6.07) is 18.4. The molecule has 0 radical (unpaired) electrons. The molecule has 7 nitrogen and oxygen atoms in total. The lowest BCUT2D eigenvalue weighted by molar-refractivity contribution is 0.0927. The summed E-state index contributed by atoms with van der Waals surface area (Å²) in [5.41, 5.74) is 1.81. The Balaban J connectivity index is 1.68. The fourth-order valence-corrected chi connectivity index (χ4v) is 5.49. The van der Waals surface area contributed by atoms with Gasteiger partial charge < -0.3 is 14.2 Å². The number of carbonyl (C=O) groups excluding carboxylic acids is 3. The molecule has 5 rings (SSSR count). The summed E-state index contributed by atoms with van der Waals surface area (Å²) in [5, 5.41) is 0.796. The van der Waals surface area contributed by atoms with E-state index in [9.17, 15) is 14.4 Å². The molecule has 0 fully saturated rings. The van der Waals surface area contributed by atoms with Crippen LogP contribution in [0.4, 0.5) is 5.00 Å². The second kappa shape index (κ2) is 9.72. The van der Waals surface area contributed by atoms with Crippen molar-refractivity contribution in [2.75, 3.05) is 26.2 Å². The molecule has 0 saturated carbocycles. The van der Waals surface area contributed by atoms with Crippen LogP contribution in [-0.2, 0) is 0 Å². The molecule has 3 aromatic carbocycles. The van der Waals surface area contributed by atoms with Crippen LogP contribution < -0.4 is 19.1 Å². The van der Waals surface area contributed by atoms with E-state index in [1.54, 1.807) is 42.5 Å². The van der Waals surface area contributed by atoms with Crippen molar-refractivity contribution in [2.24, 2.45) is 0 Å². The summed E-state index contributed by atoms with van der Waals surface area (Å²) in [6.45, 7) is 0. The number of fused-ring (bicyclic) bond motifs is 1. The van der Waals surface area contributed by atoms with Gasteiger partial charge in [-0.05, 0) is 48.0 Å². The highest BCUT2D eigenvalue weighted by molar-refractivity contribution is 7.20. The molecule has 0 bridgehead atoms. The molecule has 0 spiro atoms. The maximum Gasteiger partial charge on any atom is 0.266 e. The van der Waals surface area contributed by atoms with Gasteiger partial charge in [-0.1, -0.05) is 35.9 Å². The first-order valence-corrected chi connectivity index (χ1v) is 12.3. The van der Waals surface area contributed by atoms with Gasteiger partial charge in [0.25, 0.3) is 11.8 Å². The Morgan fingerprint density at radius 3 is 1.89 bits per heavy atom. The third-order valence-corrected chi connectivity index (χ3v) is 7.43. The molecule has 2 amide bonds. The van der Waals surface area contributed by atoms with Crippen molar-refractivity contribution in [1.29, 1.82) is 0 Å². The van der Waals surface area contributed by atoms with Crippen LogP contribution >= 0.6 is 22.9 Å². The number of ketones is 1. The predicted molar refractivity (Wildman–Crippen MR) is 142 cm³/mol. The van der Waals surface area contributed by atoms with Crippen LogP contribution in [0.2, 0.25) is 5.02 Å². The Hall–Kier alpha value is -4.14. The van der Waals surface area contributed by atoms with Crippen molar-refractivity contribution < 1.29 is 28.6 Å². The Labute approximate surface area is 221 Å². The number of carbonyl (C=O) groups is 3. The number of halogens is 1. The van der Waals surface area contributed by atoms with Crippen molar-refractivity contribution in [3.05, 3.63) is 94.0 Å². The lowest BCUT2D eigenvalue weighted by atomic mass is 10.0. The zero-order valence-corrected chi connectivity index (χ0v) is 21.6. The van der Waals surface area contributed by atoms with Crippen LogP contribution in [0, 0.1) is 0 Å². The largest absolute Gasteiger partial charge is 0.493 e. The van der Waals surface area contributed by atoms with Gasteiger partial charge in [-0.25, -0.2) is 4.90 Å². The third kappa shape index (κ3) is 4.14. The zero-order chi connectivity index (χ0) is 26.3. The van der Waals surface area contributed by atoms with Gasteiger partial charge in [0.05, 0.1) is 38.0 Å². The van der Waals surface area contributed by atoms with Crippen LogP contribution in [0.1, 0.15) is 36.6 Å². The first-order chi connectivity index (χ1) is 17.9. The molecular formula is C28H20ClNO6S. The topological polar surface area (TPSA) is 82.1 Å². The zero-order valence-electron chi connectivity index (χ0n) is 20.0. The molecule has 0 atom stereocenters. The number of rotatable bonds is 7. The van der Waals surface area contributed by atoms with Crippen LogP contribution in [0.5, 0.6) is 17.2 Å². The third-order valence-electron chi connectivity index (χ3n) is 6.01. The SMILES string of the molecule is COc1cc(C(=O)c2cc(-c3ccc(Cl)cc3)sc2N2C(=O)c3ccccc3C2=O)cc(OC)c1OC. The molecule has 186 valence electrons. The summed E-state index contributed by atoms with van der Waals surface area (Å²) >= 11 is 7.24. The summed E-state index contributed by atoms with van der Waals surface area (Å²) in [5.74, 6) is -0.425. The molecule has 0 aliphatic carbocycles. The first-order valence-electron chi connectivity index (χ1n) is 11.1. The molecule has 2 heterocycles. The highest BCUT2D eigenvalue weighted by atomic mass is 35.5. The normalized spacial score (nSPS) is 12.5. The fourth-order valence-electron chi connectivity index (χ4n) is 4.21. The van der Waals surface area contributed by atoms with E-state index in [-0.39, 0.29) is 16.1 Å². The maximum absolute atomic E-state index is 13.9. The Bertz CT molecular complexity index is 1500.